The second kappa shape index (κ2) is 9.82. The van der Waals surface area contributed by atoms with Crippen LogP contribution >= 0.6 is 0 Å². The number of methoxy groups -OCH3 is 1. The third-order valence-electron chi connectivity index (χ3n) is 5.47. The predicted molar refractivity (Wildman–Crippen MR) is 131 cm³/mol. The summed E-state index contributed by atoms with van der Waals surface area (Å²) in [5.41, 5.74) is 4.40. The van der Waals surface area contributed by atoms with Gasteiger partial charge in [-0.05, 0) is 12.1 Å². The molecule has 0 saturated carbocycles. The Morgan fingerprint density at radius 3 is 2.66 bits per heavy atom. The largest absolute Gasteiger partial charge is 0.453 e. The van der Waals surface area contributed by atoms with Crippen LogP contribution in [0.3, 0.4) is 0 Å². The van der Waals surface area contributed by atoms with Gasteiger partial charge >= 0.3 is 6.18 Å². The quantitative estimate of drug-likeness (QED) is 0.306. The van der Waals surface area contributed by atoms with Crippen LogP contribution in [-0.4, -0.2) is 43.5 Å². The standard InChI is InChI=1S/C23H20F3N9O3/c1-34-9-11(23(24,25)26)4-16(21(34)36)32-22-33-20-18(35(22)2)14(6-27)17(8-31-20)38-12-5-13(15(28)10-37-3)19(29)30-7-12/h4-5,7-9,28H,10H2,1-3H3,(H2,29,30)(H,31,32,33). The maximum Gasteiger partial charge on any atom is 0.417 e. The van der Waals surface area contributed by atoms with Crippen molar-refractivity contribution in [1.29, 1.82) is 10.7 Å². The number of anilines is 3. The molecule has 4 aromatic heterocycles. The number of rotatable bonds is 7. The number of alkyl halides is 3. The number of fused-ring (bicyclic) bond motifs is 1. The van der Waals surface area contributed by atoms with E-state index in [4.69, 9.17) is 20.6 Å². The first-order valence-corrected chi connectivity index (χ1v) is 10.7. The van der Waals surface area contributed by atoms with Gasteiger partial charge in [-0.1, -0.05) is 0 Å². The molecule has 0 aliphatic rings. The van der Waals surface area contributed by atoms with Gasteiger partial charge in [-0.3, -0.25) is 4.79 Å². The van der Waals surface area contributed by atoms with E-state index in [1.165, 1.54) is 44.2 Å². The molecule has 4 aromatic rings. The lowest BCUT2D eigenvalue weighted by atomic mass is 10.1. The van der Waals surface area contributed by atoms with Crippen LogP contribution < -0.4 is 21.3 Å². The number of aromatic nitrogens is 5. The van der Waals surface area contributed by atoms with Crippen molar-refractivity contribution in [3.05, 3.63) is 57.8 Å². The maximum absolute atomic E-state index is 13.3. The number of aryl methyl sites for hydroxylation is 2. The summed E-state index contributed by atoms with van der Waals surface area (Å²) in [5.74, 6) is 0.264. The van der Waals surface area contributed by atoms with Gasteiger partial charge in [-0.15, -0.1) is 0 Å². The highest BCUT2D eigenvalue weighted by atomic mass is 19.4. The van der Waals surface area contributed by atoms with Crippen LogP contribution in [0.15, 0.2) is 35.5 Å². The number of nitrogens with one attached hydrogen (secondary N) is 2. The van der Waals surface area contributed by atoms with Gasteiger partial charge in [0.1, 0.15) is 34.4 Å². The van der Waals surface area contributed by atoms with Crippen molar-refractivity contribution in [2.45, 2.75) is 6.18 Å². The van der Waals surface area contributed by atoms with Crippen molar-refractivity contribution in [3.63, 3.8) is 0 Å². The van der Waals surface area contributed by atoms with Gasteiger partial charge in [0.05, 0.1) is 30.3 Å². The van der Waals surface area contributed by atoms with Crippen LogP contribution in [0, 0.1) is 16.7 Å². The number of hydrogen-bond donors (Lipinski definition) is 3. The number of hydrogen-bond acceptors (Lipinski definition) is 10. The molecule has 0 radical (unpaired) electrons. The molecular weight excluding hydrogens is 507 g/mol. The Morgan fingerprint density at radius 1 is 1.26 bits per heavy atom. The lowest BCUT2D eigenvalue weighted by Gasteiger charge is -2.12. The number of pyridine rings is 3. The Kier molecular flexibility index (Phi) is 6.75. The minimum atomic E-state index is -4.67. The fourth-order valence-electron chi connectivity index (χ4n) is 3.63. The fourth-order valence-corrected chi connectivity index (χ4v) is 3.63. The summed E-state index contributed by atoms with van der Waals surface area (Å²) in [4.78, 5) is 24.9. The molecule has 4 N–H and O–H groups in total. The van der Waals surface area contributed by atoms with Crippen molar-refractivity contribution in [2.24, 2.45) is 14.1 Å². The van der Waals surface area contributed by atoms with E-state index in [9.17, 15) is 23.2 Å². The van der Waals surface area contributed by atoms with Crippen LogP contribution in [0.5, 0.6) is 11.5 Å². The van der Waals surface area contributed by atoms with Crippen molar-refractivity contribution in [1.82, 2.24) is 24.1 Å². The molecule has 38 heavy (non-hydrogen) atoms. The molecule has 196 valence electrons. The molecule has 4 heterocycles. The Hall–Kier alpha value is -4.97. The van der Waals surface area contributed by atoms with Gasteiger partial charge in [0.25, 0.3) is 5.56 Å². The topological polar surface area (TPSA) is 170 Å². The molecule has 4 rings (SSSR count). The molecule has 15 heteroatoms. The SMILES string of the molecule is COCC(=N)c1cc(Oc2cnc3nc(Nc4cc(C(F)(F)F)cn(C)c4=O)n(C)c3c2C#N)cnc1N. The summed E-state index contributed by atoms with van der Waals surface area (Å²) in [7, 11) is 4.13. The molecule has 0 unspecified atom stereocenters. The van der Waals surface area contributed by atoms with Crippen molar-refractivity contribution in [3.8, 4) is 17.6 Å². The van der Waals surface area contributed by atoms with E-state index >= 15 is 0 Å². The molecule has 0 atom stereocenters. The normalized spacial score (nSPS) is 11.4. The van der Waals surface area contributed by atoms with Gasteiger partial charge in [-0.25, -0.2) is 9.97 Å². The highest BCUT2D eigenvalue weighted by Crippen LogP contribution is 2.33. The summed E-state index contributed by atoms with van der Waals surface area (Å²) in [5, 5.41) is 20.6. The molecule has 12 nitrogen and oxygen atoms in total. The zero-order chi connectivity index (χ0) is 27.8. The van der Waals surface area contributed by atoms with E-state index in [1.807, 2.05) is 6.07 Å². The minimum Gasteiger partial charge on any atom is -0.453 e. The van der Waals surface area contributed by atoms with Gasteiger partial charge in [0.2, 0.25) is 5.95 Å². The lowest BCUT2D eigenvalue weighted by molar-refractivity contribution is -0.138. The van der Waals surface area contributed by atoms with Crippen LogP contribution in [0.4, 0.5) is 30.6 Å². The molecule has 0 spiro atoms. The Morgan fingerprint density at radius 2 is 2.00 bits per heavy atom. The first-order chi connectivity index (χ1) is 17.9. The van der Waals surface area contributed by atoms with E-state index in [1.54, 1.807) is 0 Å². The van der Waals surface area contributed by atoms with Crippen LogP contribution in [0.25, 0.3) is 11.2 Å². The summed E-state index contributed by atoms with van der Waals surface area (Å²) >= 11 is 0. The van der Waals surface area contributed by atoms with Crippen molar-refractivity contribution >= 4 is 34.3 Å². The number of nitrogen functional groups attached to an aromatic ring is 1. The maximum atomic E-state index is 13.3. The third kappa shape index (κ3) is 4.84. The van der Waals surface area contributed by atoms with E-state index in [0.717, 1.165) is 4.57 Å². The minimum absolute atomic E-state index is 0.00786. The molecule has 0 fully saturated rings. The summed E-state index contributed by atoms with van der Waals surface area (Å²) in [6.07, 6.45) is -1.42. The molecule has 0 aliphatic heterocycles. The highest BCUT2D eigenvalue weighted by molar-refractivity contribution is 6.03. The highest BCUT2D eigenvalue weighted by Gasteiger charge is 2.32. The first kappa shape index (κ1) is 26.1. The predicted octanol–water partition coefficient (Wildman–Crippen LogP) is 3.08. The molecule has 0 aliphatic carbocycles. The van der Waals surface area contributed by atoms with Crippen LogP contribution in [-0.2, 0) is 25.0 Å². The summed E-state index contributed by atoms with van der Waals surface area (Å²) in [6, 6.07) is 4.17. The Balaban J connectivity index is 1.75. The Bertz CT molecular complexity index is 1670. The van der Waals surface area contributed by atoms with Crippen molar-refractivity contribution in [2.75, 3.05) is 24.8 Å². The zero-order valence-corrected chi connectivity index (χ0v) is 20.2. The average Bonchev–Trinajstić information content (AvgIpc) is 3.17. The monoisotopic (exact) mass is 527 g/mol. The smallest absolute Gasteiger partial charge is 0.417 e. The zero-order valence-electron chi connectivity index (χ0n) is 20.2. The summed E-state index contributed by atoms with van der Waals surface area (Å²) < 4.78 is 52.7. The van der Waals surface area contributed by atoms with E-state index < -0.39 is 17.3 Å². The number of ether oxygens (including phenoxy) is 2. The molecular formula is C23H20F3N9O3. The Labute approximate surface area is 212 Å². The van der Waals surface area contributed by atoms with E-state index in [-0.39, 0.29) is 63.6 Å². The van der Waals surface area contributed by atoms with E-state index in [0.29, 0.717) is 12.3 Å². The number of nitrogens with zero attached hydrogens (tertiary/aromatic N) is 6. The van der Waals surface area contributed by atoms with Crippen molar-refractivity contribution < 1.29 is 22.6 Å². The van der Waals surface area contributed by atoms with Crippen LogP contribution in [0.2, 0.25) is 0 Å². The number of nitriles is 1. The van der Waals surface area contributed by atoms with Gasteiger partial charge in [-0.2, -0.15) is 23.4 Å². The molecule has 0 bridgehead atoms. The summed E-state index contributed by atoms with van der Waals surface area (Å²) in [6.45, 7) is -0.00786. The lowest BCUT2D eigenvalue weighted by Crippen LogP contribution is -2.23. The van der Waals surface area contributed by atoms with Gasteiger partial charge in [0, 0.05) is 33.0 Å². The second-order valence-electron chi connectivity index (χ2n) is 8.07. The molecule has 0 amide bonds. The number of nitrogens with two attached hydrogens (primary N) is 1. The number of halogens is 3. The molecule has 0 saturated heterocycles. The number of imidazole rings is 1. The second-order valence-corrected chi connectivity index (χ2v) is 8.07. The van der Waals surface area contributed by atoms with Gasteiger partial charge < -0.3 is 35.1 Å². The third-order valence-corrected chi connectivity index (χ3v) is 5.47. The average molecular weight is 527 g/mol. The van der Waals surface area contributed by atoms with Gasteiger partial charge in [0.15, 0.2) is 11.4 Å². The first-order valence-electron chi connectivity index (χ1n) is 10.7. The van der Waals surface area contributed by atoms with Crippen LogP contribution in [0.1, 0.15) is 16.7 Å². The van der Waals surface area contributed by atoms with E-state index in [2.05, 4.69) is 20.3 Å². The molecule has 0 aromatic carbocycles. The fraction of sp³-hybridized carbons (Fsp3) is 0.217.